The van der Waals surface area contributed by atoms with E-state index in [1.807, 2.05) is 0 Å². The maximum Gasteiger partial charge on any atom is 0 e. The minimum absolute atomic E-state index is 0. The number of halogens is 1. The van der Waals surface area contributed by atoms with Crippen LogP contribution >= 0.6 is 12.4 Å². The van der Waals surface area contributed by atoms with Crippen LogP contribution < -0.4 is 0 Å². The SMILES string of the molecule is Cl.[CH2-]C.[Tb]. The molecule has 0 aromatic carbocycles. The van der Waals surface area contributed by atoms with Crippen LogP contribution in [0.25, 0.3) is 0 Å². The fraction of sp³-hybridized carbons (Fsp3) is 0.500. The Balaban J connectivity index is -0.00000000500. The maximum absolute atomic E-state index is 3.25. The Morgan fingerprint density at radius 1 is 1.25 bits per heavy atom. The maximum atomic E-state index is 3.25. The molecule has 0 spiro atoms. The zero-order valence-electron chi connectivity index (χ0n) is 2.45. The van der Waals surface area contributed by atoms with Gasteiger partial charge in [-0.1, -0.05) is 0 Å². The normalized spacial score (nSPS) is 1.50. The molecular weight excluding hydrogens is 218 g/mol. The summed E-state index contributed by atoms with van der Waals surface area (Å²) in [6, 6.07) is 0. The molecule has 0 amide bonds. The quantitative estimate of drug-likeness (QED) is 0.544. The van der Waals surface area contributed by atoms with Crippen LogP contribution in [0.2, 0.25) is 0 Å². The molecule has 0 aliphatic carbocycles. The molecule has 0 bridgehead atoms. The number of hydrogen-bond acceptors (Lipinski definition) is 0. The van der Waals surface area contributed by atoms with Gasteiger partial charge in [0.05, 0.1) is 0 Å². The van der Waals surface area contributed by atoms with E-state index in [1.54, 1.807) is 6.92 Å². The predicted octanol–water partition coefficient (Wildman–Crippen LogP) is 1.26. The summed E-state index contributed by atoms with van der Waals surface area (Å²) in [7, 11) is 0. The van der Waals surface area contributed by atoms with Crippen molar-refractivity contribution in [2.45, 2.75) is 6.92 Å². The van der Waals surface area contributed by atoms with Crippen LogP contribution in [0.3, 0.4) is 0 Å². The second-order valence-corrected chi connectivity index (χ2v) is 0. The molecule has 0 N–H and O–H groups in total. The van der Waals surface area contributed by atoms with Crippen molar-refractivity contribution in [3.05, 3.63) is 6.92 Å². The van der Waals surface area contributed by atoms with Gasteiger partial charge in [0.15, 0.2) is 0 Å². The second kappa shape index (κ2) is 23.6. The third-order valence-electron chi connectivity index (χ3n) is 0. The largest absolute Gasteiger partial charge is 0.346 e. The summed E-state index contributed by atoms with van der Waals surface area (Å²) in [5.74, 6) is 0. The van der Waals surface area contributed by atoms with Crippen LogP contribution in [0.15, 0.2) is 0 Å². The predicted molar refractivity (Wildman–Crippen MR) is 18.3 cm³/mol. The molecule has 0 nitrogen and oxygen atoms in total. The van der Waals surface area contributed by atoms with Crippen LogP contribution in [-0.4, -0.2) is 0 Å². The summed E-state index contributed by atoms with van der Waals surface area (Å²) in [5.41, 5.74) is 0. The summed E-state index contributed by atoms with van der Waals surface area (Å²) in [5, 5.41) is 0. The van der Waals surface area contributed by atoms with Crippen molar-refractivity contribution in [2.75, 3.05) is 0 Å². The van der Waals surface area contributed by atoms with Gasteiger partial charge in [-0.15, -0.1) is 12.4 Å². The van der Waals surface area contributed by atoms with Crippen molar-refractivity contribution in [3.63, 3.8) is 0 Å². The zero-order valence-corrected chi connectivity index (χ0v) is 5.40. The Kier molecular flexibility index (Phi) is 104. The monoisotopic (exact) mass is 224 g/mol. The Morgan fingerprint density at radius 3 is 1.25 bits per heavy atom. The average molecular weight is 224 g/mol. The fourth-order valence-electron chi connectivity index (χ4n) is 0. The van der Waals surface area contributed by atoms with Gasteiger partial charge in [-0.3, -0.25) is 0 Å². The van der Waals surface area contributed by atoms with E-state index in [-0.39, 0.29) is 51.0 Å². The third kappa shape index (κ3) is 9.55. The summed E-state index contributed by atoms with van der Waals surface area (Å²) in [6.07, 6.45) is 0. The van der Waals surface area contributed by atoms with Crippen LogP contribution in [0.1, 0.15) is 6.92 Å². The smallest absolute Gasteiger partial charge is 0 e. The molecule has 0 aromatic heterocycles. The summed E-state index contributed by atoms with van der Waals surface area (Å²) < 4.78 is 0. The first-order valence-electron chi connectivity index (χ1n) is 0.707. The molecule has 2 heteroatoms. The average Bonchev–Trinajstić information content (AvgIpc) is 1.00. The van der Waals surface area contributed by atoms with Gasteiger partial charge < -0.3 is 6.92 Å². The number of rotatable bonds is 0. The standard InChI is InChI=1S/C2H5.ClH.Tb/c1-2;;/h1H2,2H3;1H;/q-1;;. The van der Waals surface area contributed by atoms with Gasteiger partial charge in [0.25, 0.3) is 0 Å². The van der Waals surface area contributed by atoms with Gasteiger partial charge in [0, 0.05) is 38.6 Å². The van der Waals surface area contributed by atoms with Gasteiger partial charge >= 0.3 is 0 Å². The molecule has 0 aliphatic heterocycles. The van der Waals surface area contributed by atoms with Crippen LogP contribution in [0.5, 0.6) is 0 Å². The molecular formula is C2H6ClTb-. The minimum Gasteiger partial charge on any atom is -0.346 e. The van der Waals surface area contributed by atoms with Gasteiger partial charge in [-0.05, 0) is 0 Å². The van der Waals surface area contributed by atoms with E-state index in [2.05, 4.69) is 6.92 Å². The van der Waals surface area contributed by atoms with Crippen molar-refractivity contribution < 1.29 is 38.6 Å². The molecule has 0 fully saturated rings. The van der Waals surface area contributed by atoms with Gasteiger partial charge in [0.1, 0.15) is 0 Å². The first kappa shape index (κ1) is 17.6. The van der Waals surface area contributed by atoms with E-state index in [9.17, 15) is 0 Å². The van der Waals surface area contributed by atoms with Crippen LogP contribution in [0.4, 0.5) is 0 Å². The summed E-state index contributed by atoms with van der Waals surface area (Å²) in [4.78, 5) is 0. The Labute approximate surface area is 64.2 Å². The molecule has 1 radical (unpaired) electrons. The molecule has 31 valence electrons. The molecule has 0 aliphatic rings. The van der Waals surface area contributed by atoms with Crippen molar-refractivity contribution in [2.24, 2.45) is 0 Å². The van der Waals surface area contributed by atoms with Crippen molar-refractivity contribution in [1.82, 2.24) is 0 Å². The van der Waals surface area contributed by atoms with E-state index in [0.717, 1.165) is 0 Å². The van der Waals surface area contributed by atoms with E-state index < -0.39 is 0 Å². The van der Waals surface area contributed by atoms with E-state index in [0.29, 0.717) is 0 Å². The van der Waals surface area contributed by atoms with Gasteiger partial charge in [-0.25, -0.2) is 0 Å². The second-order valence-electron chi connectivity index (χ2n) is 0. The zero-order chi connectivity index (χ0) is 2.00. The van der Waals surface area contributed by atoms with E-state index in [4.69, 9.17) is 0 Å². The fourth-order valence-corrected chi connectivity index (χ4v) is 0. The molecule has 0 heterocycles. The molecule has 0 rings (SSSR count). The van der Waals surface area contributed by atoms with Crippen molar-refractivity contribution >= 4 is 12.4 Å². The van der Waals surface area contributed by atoms with Crippen molar-refractivity contribution in [3.8, 4) is 0 Å². The Bertz CT molecular complexity index is 6.00. The van der Waals surface area contributed by atoms with Crippen LogP contribution in [-0.2, 0) is 0 Å². The topological polar surface area (TPSA) is 0 Å². The summed E-state index contributed by atoms with van der Waals surface area (Å²) >= 11 is 0. The van der Waals surface area contributed by atoms with E-state index >= 15 is 0 Å². The van der Waals surface area contributed by atoms with Gasteiger partial charge in [0.2, 0.25) is 0 Å². The summed E-state index contributed by atoms with van der Waals surface area (Å²) in [6.45, 7) is 5.00. The van der Waals surface area contributed by atoms with Gasteiger partial charge in [-0.2, -0.15) is 6.92 Å². The molecule has 0 aromatic rings. The molecule has 4 heavy (non-hydrogen) atoms. The molecule has 0 unspecified atom stereocenters. The molecule has 0 saturated heterocycles. The van der Waals surface area contributed by atoms with Crippen LogP contribution in [0, 0.1) is 45.5 Å². The first-order valence-corrected chi connectivity index (χ1v) is 0.707. The third-order valence-corrected chi connectivity index (χ3v) is 0. The van der Waals surface area contributed by atoms with E-state index in [1.165, 1.54) is 0 Å². The molecule has 0 atom stereocenters. The van der Waals surface area contributed by atoms with Crippen molar-refractivity contribution in [1.29, 1.82) is 0 Å². The Hall–Kier alpha value is 1.58. The minimum atomic E-state index is 0. The first-order chi connectivity index (χ1) is 1.00. The Morgan fingerprint density at radius 2 is 1.25 bits per heavy atom. The molecule has 0 saturated carbocycles. The number of hydrogen-bond donors (Lipinski definition) is 0.